The Hall–Kier alpha value is -3.16. The SMILES string of the molecule is CCCCOc1c2n(cc(C(=O)NCc3ccc(F)cc3)c1=O)C1CCCCCN1C2=O. The van der Waals surface area contributed by atoms with Crippen molar-refractivity contribution in [1.82, 2.24) is 14.8 Å². The number of pyridine rings is 1. The van der Waals surface area contributed by atoms with E-state index in [1.54, 1.807) is 21.6 Å². The van der Waals surface area contributed by atoms with Gasteiger partial charge in [0.05, 0.1) is 6.61 Å². The Morgan fingerprint density at radius 2 is 1.97 bits per heavy atom. The Kier molecular flexibility index (Phi) is 6.58. The van der Waals surface area contributed by atoms with Crippen molar-refractivity contribution in [3.05, 3.63) is 63.3 Å². The van der Waals surface area contributed by atoms with E-state index in [9.17, 15) is 18.8 Å². The fourth-order valence-electron chi connectivity index (χ4n) is 4.30. The second-order valence-electron chi connectivity index (χ2n) is 8.30. The van der Waals surface area contributed by atoms with Crippen LogP contribution in [0.4, 0.5) is 4.39 Å². The first-order chi connectivity index (χ1) is 15.5. The van der Waals surface area contributed by atoms with Crippen LogP contribution in [0.3, 0.4) is 0 Å². The number of ether oxygens (including phenoxy) is 1. The number of aromatic nitrogens is 1. The van der Waals surface area contributed by atoms with E-state index in [1.165, 1.54) is 18.3 Å². The van der Waals surface area contributed by atoms with Gasteiger partial charge < -0.3 is 19.5 Å². The summed E-state index contributed by atoms with van der Waals surface area (Å²) in [7, 11) is 0. The van der Waals surface area contributed by atoms with Gasteiger partial charge in [-0.15, -0.1) is 0 Å². The molecule has 1 aromatic carbocycles. The molecule has 8 heteroatoms. The van der Waals surface area contributed by atoms with E-state index in [4.69, 9.17) is 4.74 Å². The smallest absolute Gasteiger partial charge is 0.276 e. The first-order valence-corrected chi connectivity index (χ1v) is 11.3. The average molecular weight is 442 g/mol. The first kappa shape index (κ1) is 22.0. The number of benzene rings is 1. The number of hydrogen-bond acceptors (Lipinski definition) is 4. The van der Waals surface area contributed by atoms with Gasteiger partial charge >= 0.3 is 0 Å². The van der Waals surface area contributed by atoms with Crippen LogP contribution in [-0.2, 0) is 6.54 Å². The highest BCUT2D eigenvalue weighted by molar-refractivity contribution is 6.00. The van der Waals surface area contributed by atoms with Crippen LogP contribution in [0.25, 0.3) is 0 Å². The van der Waals surface area contributed by atoms with Crippen LogP contribution in [0, 0.1) is 5.82 Å². The number of unbranched alkanes of at least 4 members (excludes halogenated alkanes) is 1. The molecule has 4 rings (SSSR count). The number of amides is 2. The van der Waals surface area contributed by atoms with Gasteiger partial charge in [0, 0.05) is 19.3 Å². The van der Waals surface area contributed by atoms with Crippen LogP contribution in [0.15, 0.2) is 35.3 Å². The summed E-state index contributed by atoms with van der Waals surface area (Å²) in [6, 6.07) is 5.79. The van der Waals surface area contributed by atoms with Gasteiger partial charge in [-0.3, -0.25) is 14.4 Å². The summed E-state index contributed by atoms with van der Waals surface area (Å²) in [6.45, 7) is 3.09. The normalized spacial score (nSPS) is 17.5. The van der Waals surface area contributed by atoms with Crippen LogP contribution in [-0.4, -0.2) is 34.4 Å². The highest BCUT2D eigenvalue weighted by Crippen LogP contribution is 2.36. The number of carbonyl (C=O) groups is 2. The molecule has 2 aromatic rings. The molecule has 0 aliphatic carbocycles. The quantitative estimate of drug-likeness (QED) is 0.666. The predicted molar refractivity (Wildman–Crippen MR) is 117 cm³/mol. The molecule has 1 saturated heterocycles. The molecule has 1 atom stereocenters. The number of nitrogens with zero attached hydrogens (tertiary/aromatic N) is 2. The van der Waals surface area contributed by atoms with Crippen molar-refractivity contribution in [3.8, 4) is 5.75 Å². The molecule has 0 bridgehead atoms. The van der Waals surface area contributed by atoms with Gasteiger partial charge in [0.1, 0.15) is 17.5 Å². The monoisotopic (exact) mass is 441 g/mol. The van der Waals surface area contributed by atoms with Gasteiger partial charge in [-0.25, -0.2) is 4.39 Å². The number of nitrogens with one attached hydrogen (secondary N) is 1. The lowest BCUT2D eigenvalue weighted by Crippen LogP contribution is -2.31. The van der Waals surface area contributed by atoms with Gasteiger partial charge in [-0.1, -0.05) is 31.9 Å². The molecule has 1 aromatic heterocycles. The van der Waals surface area contributed by atoms with Crippen LogP contribution in [0.2, 0.25) is 0 Å². The average Bonchev–Trinajstić information content (AvgIpc) is 2.94. The van der Waals surface area contributed by atoms with E-state index in [0.29, 0.717) is 18.7 Å². The van der Waals surface area contributed by atoms with Crippen molar-refractivity contribution in [2.45, 2.75) is 58.2 Å². The third-order valence-corrected chi connectivity index (χ3v) is 6.05. The number of rotatable bonds is 7. The minimum Gasteiger partial charge on any atom is -0.487 e. The maximum atomic E-state index is 13.2. The summed E-state index contributed by atoms with van der Waals surface area (Å²) in [5.41, 5.74) is 0.329. The fraction of sp³-hybridized carbons (Fsp3) is 0.458. The summed E-state index contributed by atoms with van der Waals surface area (Å²) in [4.78, 5) is 41.1. The highest BCUT2D eigenvalue weighted by atomic mass is 19.1. The lowest BCUT2D eigenvalue weighted by molar-refractivity contribution is 0.0701. The van der Waals surface area contributed by atoms with Gasteiger partial charge in [-0.2, -0.15) is 0 Å². The Bertz CT molecular complexity index is 1060. The Balaban J connectivity index is 1.68. The molecule has 2 amide bonds. The van der Waals surface area contributed by atoms with Gasteiger partial charge in [-0.05, 0) is 43.4 Å². The van der Waals surface area contributed by atoms with E-state index in [-0.39, 0.29) is 41.4 Å². The zero-order chi connectivity index (χ0) is 22.7. The minimum absolute atomic E-state index is 0.0362. The largest absolute Gasteiger partial charge is 0.487 e. The second kappa shape index (κ2) is 9.54. The van der Waals surface area contributed by atoms with Gasteiger partial charge in [0.2, 0.25) is 5.43 Å². The van der Waals surface area contributed by atoms with E-state index >= 15 is 0 Å². The second-order valence-corrected chi connectivity index (χ2v) is 8.30. The topological polar surface area (TPSA) is 80.6 Å². The number of carbonyl (C=O) groups excluding carboxylic acids is 2. The van der Waals surface area contributed by atoms with E-state index in [2.05, 4.69) is 5.32 Å². The number of hydrogen-bond donors (Lipinski definition) is 1. The molecule has 3 heterocycles. The maximum Gasteiger partial charge on any atom is 0.276 e. The maximum absolute atomic E-state index is 13.2. The number of halogens is 1. The Morgan fingerprint density at radius 1 is 1.19 bits per heavy atom. The fourth-order valence-corrected chi connectivity index (χ4v) is 4.30. The third-order valence-electron chi connectivity index (χ3n) is 6.05. The lowest BCUT2D eigenvalue weighted by Gasteiger charge is -2.23. The lowest BCUT2D eigenvalue weighted by atomic mass is 10.1. The molecule has 1 N–H and O–H groups in total. The molecule has 1 unspecified atom stereocenters. The molecule has 32 heavy (non-hydrogen) atoms. The summed E-state index contributed by atoms with van der Waals surface area (Å²) < 4.78 is 20.7. The van der Waals surface area contributed by atoms with Crippen molar-refractivity contribution in [3.63, 3.8) is 0 Å². The van der Waals surface area contributed by atoms with Gasteiger partial charge in [0.25, 0.3) is 11.8 Å². The first-order valence-electron chi connectivity index (χ1n) is 11.3. The van der Waals surface area contributed by atoms with Crippen molar-refractivity contribution >= 4 is 11.8 Å². The molecule has 0 saturated carbocycles. The third kappa shape index (κ3) is 4.26. The molecule has 7 nitrogen and oxygen atoms in total. The van der Waals surface area contributed by atoms with Crippen LogP contribution < -0.4 is 15.5 Å². The number of fused-ring (bicyclic) bond motifs is 3. The van der Waals surface area contributed by atoms with Crippen molar-refractivity contribution in [2.24, 2.45) is 0 Å². The molecule has 0 radical (unpaired) electrons. The highest BCUT2D eigenvalue weighted by Gasteiger charge is 2.40. The standard InChI is InChI=1S/C24H28FN3O4/c1-2-3-13-32-22-20-24(31)27-12-6-4-5-7-19(27)28(20)15-18(21(22)29)23(30)26-14-16-8-10-17(25)11-9-16/h8-11,15,19H,2-7,12-14H2,1H3,(H,26,30). The van der Waals surface area contributed by atoms with Gasteiger partial charge in [0.15, 0.2) is 11.4 Å². The summed E-state index contributed by atoms with van der Waals surface area (Å²) >= 11 is 0. The van der Waals surface area contributed by atoms with E-state index in [0.717, 1.165) is 38.5 Å². The molecule has 170 valence electrons. The summed E-state index contributed by atoms with van der Waals surface area (Å²) in [5.74, 6) is -1.15. The predicted octanol–water partition coefficient (Wildman–Crippen LogP) is 3.62. The van der Waals surface area contributed by atoms with Crippen molar-refractivity contribution in [2.75, 3.05) is 13.2 Å². The Morgan fingerprint density at radius 3 is 2.72 bits per heavy atom. The van der Waals surface area contributed by atoms with E-state index < -0.39 is 11.3 Å². The molecule has 0 spiro atoms. The van der Waals surface area contributed by atoms with Crippen LogP contribution in [0.1, 0.15) is 78.0 Å². The minimum atomic E-state index is -0.574. The van der Waals surface area contributed by atoms with Crippen molar-refractivity contribution < 1.29 is 18.7 Å². The van der Waals surface area contributed by atoms with Crippen LogP contribution >= 0.6 is 0 Å². The van der Waals surface area contributed by atoms with E-state index in [1.807, 2.05) is 6.92 Å². The molecule has 2 aliphatic rings. The van der Waals surface area contributed by atoms with Crippen LogP contribution in [0.5, 0.6) is 5.75 Å². The summed E-state index contributed by atoms with van der Waals surface area (Å²) in [6.07, 6.45) is 6.60. The molecule has 2 aliphatic heterocycles. The zero-order valence-electron chi connectivity index (χ0n) is 18.2. The molecular weight excluding hydrogens is 413 g/mol. The molecular formula is C24H28FN3O4. The Labute approximate surface area is 186 Å². The van der Waals surface area contributed by atoms with Crippen molar-refractivity contribution in [1.29, 1.82) is 0 Å². The zero-order valence-corrected chi connectivity index (χ0v) is 18.2. The molecule has 1 fully saturated rings. The summed E-state index contributed by atoms with van der Waals surface area (Å²) in [5, 5.41) is 2.73.